The number of nitrogens with one attached hydrogen (secondary N) is 1. The maximum atomic E-state index is 5.33. The minimum atomic E-state index is 0.591. The van der Waals surface area contributed by atoms with E-state index in [9.17, 15) is 0 Å². The highest BCUT2D eigenvalue weighted by molar-refractivity contribution is 4.92. The van der Waals surface area contributed by atoms with Crippen molar-refractivity contribution in [3.63, 3.8) is 0 Å². The average Bonchev–Trinajstić information content (AvgIpc) is 2.87. The molecule has 1 aliphatic heterocycles. The number of hydrogen-bond acceptors (Lipinski definition) is 5. The van der Waals surface area contributed by atoms with Gasteiger partial charge in [0.25, 0.3) is 0 Å². The van der Waals surface area contributed by atoms with E-state index in [0.29, 0.717) is 24.4 Å². The van der Waals surface area contributed by atoms with Crippen LogP contribution in [0.15, 0.2) is 4.42 Å². The molecule has 0 spiro atoms. The Balaban J connectivity index is 1.45. The van der Waals surface area contributed by atoms with Crippen LogP contribution in [-0.2, 0) is 6.54 Å². The SMILES string of the molecule is Cc1nnc(CNC2CCN(C3CC3)C2)o1. The van der Waals surface area contributed by atoms with Gasteiger partial charge in [0.15, 0.2) is 0 Å². The molecule has 1 N–H and O–H groups in total. The minimum absolute atomic E-state index is 0.591. The first-order valence-corrected chi connectivity index (χ1v) is 6.07. The van der Waals surface area contributed by atoms with Crippen molar-refractivity contribution < 1.29 is 4.42 Å². The molecule has 1 aliphatic carbocycles. The molecule has 2 heterocycles. The van der Waals surface area contributed by atoms with Gasteiger partial charge < -0.3 is 9.73 Å². The molecule has 1 saturated heterocycles. The van der Waals surface area contributed by atoms with Crippen LogP contribution in [0.3, 0.4) is 0 Å². The number of likely N-dealkylation sites (tertiary alicyclic amines) is 1. The molecule has 5 nitrogen and oxygen atoms in total. The Kier molecular flexibility index (Phi) is 2.65. The van der Waals surface area contributed by atoms with Crippen molar-refractivity contribution in [2.24, 2.45) is 0 Å². The molecule has 5 heteroatoms. The van der Waals surface area contributed by atoms with Crippen LogP contribution in [-0.4, -0.2) is 40.3 Å². The summed E-state index contributed by atoms with van der Waals surface area (Å²) in [7, 11) is 0. The number of aryl methyl sites for hydroxylation is 1. The monoisotopic (exact) mass is 222 g/mol. The van der Waals surface area contributed by atoms with E-state index in [0.717, 1.165) is 6.04 Å². The predicted octanol–water partition coefficient (Wildman–Crippen LogP) is 0.704. The third kappa shape index (κ3) is 2.25. The Morgan fingerprint density at radius 3 is 2.94 bits per heavy atom. The smallest absolute Gasteiger partial charge is 0.230 e. The van der Waals surface area contributed by atoms with Crippen LogP contribution in [0.2, 0.25) is 0 Å². The molecule has 0 amide bonds. The van der Waals surface area contributed by atoms with Crippen molar-refractivity contribution in [2.45, 2.75) is 44.8 Å². The Hall–Kier alpha value is -0.940. The zero-order chi connectivity index (χ0) is 11.0. The van der Waals surface area contributed by atoms with E-state index in [2.05, 4.69) is 20.4 Å². The summed E-state index contributed by atoms with van der Waals surface area (Å²) in [6.45, 7) is 4.94. The van der Waals surface area contributed by atoms with Gasteiger partial charge in [0.05, 0.1) is 6.54 Å². The molecule has 0 bridgehead atoms. The fraction of sp³-hybridized carbons (Fsp3) is 0.818. The van der Waals surface area contributed by atoms with Crippen LogP contribution in [0.1, 0.15) is 31.0 Å². The molecule has 1 unspecified atom stereocenters. The molecule has 2 fully saturated rings. The van der Waals surface area contributed by atoms with Gasteiger partial charge in [-0.1, -0.05) is 0 Å². The Morgan fingerprint density at radius 1 is 1.38 bits per heavy atom. The molecule has 3 rings (SSSR count). The summed E-state index contributed by atoms with van der Waals surface area (Å²) in [5.41, 5.74) is 0. The van der Waals surface area contributed by atoms with Gasteiger partial charge in [0.1, 0.15) is 0 Å². The van der Waals surface area contributed by atoms with Gasteiger partial charge in [-0.3, -0.25) is 4.90 Å². The van der Waals surface area contributed by atoms with E-state index < -0.39 is 0 Å². The summed E-state index contributed by atoms with van der Waals surface area (Å²) in [5.74, 6) is 1.34. The van der Waals surface area contributed by atoms with Crippen molar-refractivity contribution in [3.05, 3.63) is 11.8 Å². The molecule has 2 aliphatic rings. The fourth-order valence-corrected chi connectivity index (χ4v) is 2.37. The van der Waals surface area contributed by atoms with Crippen LogP contribution in [0.25, 0.3) is 0 Å². The lowest BCUT2D eigenvalue weighted by Crippen LogP contribution is -2.32. The molecular weight excluding hydrogens is 204 g/mol. The largest absolute Gasteiger partial charge is 0.424 e. The topological polar surface area (TPSA) is 54.2 Å². The molecule has 0 radical (unpaired) electrons. The van der Waals surface area contributed by atoms with E-state index in [1.807, 2.05) is 6.92 Å². The second kappa shape index (κ2) is 4.14. The average molecular weight is 222 g/mol. The molecule has 1 saturated carbocycles. The Bertz CT molecular complexity index is 361. The molecule has 1 atom stereocenters. The number of hydrogen-bond donors (Lipinski definition) is 1. The van der Waals surface area contributed by atoms with E-state index in [1.165, 1.54) is 32.4 Å². The Morgan fingerprint density at radius 2 is 2.25 bits per heavy atom. The lowest BCUT2D eigenvalue weighted by molar-refractivity contribution is 0.315. The lowest BCUT2D eigenvalue weighted by atomic mass is 10.2. The van der Waals surface area contributed by atoms with E-state index in [1.54, 1.807) is 0 Å². The predicted molar refractivity (Wildman–Crippen MR) is 58.9 cm³/mol. The number of nitrogens with zero attached hydrogens (tertiary/aromatic N) is 3. The van der Waals surface area contributed by atoms with Gasteiger partial charge in [0, 0.05) is 32.1 Å². The zero-order valence-corrected chi connectivity index (χ0v) is 9.65. The van der Waals surface area contributed by atoms with Gasteiger partial charge in [0.2, 0.25) is 11.8 Å². The first-order valence-electron chi connectivity index (χ1n) is 6.07. The first kappa shape index (κ1) is 10.2. The molecular formula is C11H18N4O. The summed E-state index contributed by atoms with van der Waals surface area (Å²) in [4.78, 5) is 2.59. The normalized spacial score (nSPS) is 26.4. The standard InChI is InChI=1S/C11H18N4O/c1-8-13-14-11(16-8)6-12-9-4-5-15(7-9)10-2-3-10/h9-10,12H,2-7H2,1H3. The molecule has 88 valence electrons. The van der Waals surface area contributed by atoms with Crippen molar-refractivity contribution >= 4 is 0 Å². The zero-order valence-electron chi connectivity index (χ0n) is 9.65. The van der Waals surface area contributed by atoms with Crippen LogP contribution in [0.5, 0.6) is 0 Å². The van der Waals surface area contributed by atoms with Gasteiger partial charge in [-0.2, -0.15) is 0 Å². The summed E-state index contributed by atoms with van der Waals surface area (Å²) in [6.07, 6.45) is 4.04. The number of rotatable bonds is 4. The summed E-state index contributed by atoms with van der Waals surface area (Å²) >= 11 is 0. The maximum absolute atomic E-state index is 5.33. The summed E-state index contributed by atoms with van der Waals surface area (Å²) < 4.78 is 5.33. The molecule has 16 heavy (non-hydrogen) atoms. The second-order valence-electron chi connectivity index (χ2n) is 4.81. The van der Waals surface area contributed by atoms with E-state index in [4.69, 9.17) is 4.42 Å². The van der Waals surface area contributed by atoms with Crippen molar-refractivity contribution in [1.82, 2.24) is 20.4 Å². The highest BCUT2D eigenvalue weighted by Crippen LogP contribution is 2.29. The summed E-state index contributed by atoms with van der Waals surface area (Å²) in [5, 5.41) is 11.3. The van der Waals surface area contributed by atoms with Gasteiger partial charge in [-0.05, 0) is 19.3 Å². The van der Waals surface area contributed by atoms with Gasteiger partial charge in [-0.25, -0.2) is 0 Å². The van der Waals surface area contributed by atoms with Gasteiger partial charge in [-0.15, -0.1) is 10.2 Å². The van der Waals surface area contributed by atoms with Crippen LogP contribution >= 0.6 is 0 Å². The van der Waals surface area contributed by atoms with Crippen molar-refractivity contribution in [1.29, 1.82) is 0 Å². The van der Waals surface area contributed by atoms with Crippen LogP contribution in [0, 0.1) is 6.92 Å². The quantitative estimate of drug-likeness (QED) is 0.813. The van der Waals surface area contributed by atoms with Crippen LogP contribution < -0.4 is 5.32 Å². The lowest BCUT2D eigenvalue weighted by Gasteiger charge is -2.14. The third-order valence-electron chi connectivity index (χ3n) is 3.39. The molecule has 1 aromatic heterocycles. The molecule has 0 aromatic carbocycles. The maximum Gasteiger partial charge on any atom is 0.230 e. The second-order valence-corrected chi connectivity index (χ2v) is 4.81. The van der Waals surface area contributed by atoms with Gasteiger partial charge >= 0.3 is 0 Å². The number of aromatic nitrogens is 2. The summed E-state index contributed by atoms with van der Waals surface area (Å²) in [6, 6.07) is 1.48. The van der Waals surface area contributed by atoms with E-state index >= 15 is 0 Å². The van der Waals surface area contributed by atoms with E-state index in [-0.39, 0.29) is 0 Å². The highest BCUT2D eigenvalue weighted by atomic mass is 16.4. The van der Waals surface area contributed by atoms with Crippen molar-refractivity contribution in [2.75, 3.05) is 13.1 Å². The highest BCUT2D eigenvalue weighted by Gasteiger charge is 2.34. The fourth-order valence-electron chi connectivity index (χ4n) is 2.37. The Labute approximate surface area is 95.2 Å². The minimum Gasteiger partial charge on any atom is -0.424 e. The van der Waals surface area contributed by atoms with Crippen LogP contribution in [0.4, 0.5) is 0 Å². The molecule has 1 aromatic rings. The van der Waals surface area contributed by atoms with Crippen molar-refractivity contribution in [3.8, 4) is 0 Å². The first-order chi connectivity index (χ1) is 7.81. The third-order valence-corrected chi connectivity index (χ3v) is 3.39.